The zero-order chi connectivity index (χ0) is 14.3. The number of benzene rings is 1. The number of carbonyl (C=O) groups is 1. The van der Waals surface area contributed by atoms with Crippen LogP contribution in [0.2, 0.25) is 0 Å². The van der Waals surface area contributed by atoms with E-state index in [1.807, 2.05) is 6.92 Å². The highest BCUT2D eigenvalue weighted by molar-refractivity contribution is 5.82. The first-order valence-electron chi connectivity index (χ1n) is 6.05. The number of rotatable bonds is 8. The number of nitrogens with two attached hydrogens (primary N) is 1. The van der Waals surface area contributed by atoms with E-state index in [0.29, 0.717) is 18.7 Å². The van der Waals surface area contributed by atoms with Crippen LogP contribution < -0.4 is 15.8 Å². The smallest absolute Gasteiger partial charge is 0.239 e. The quantitative estimate of drug-likeness (QED) is 0.702. The van der Waals surface area contributed by atoms with Gasteiger partial charge in [-0.1, -0.05) is 6.92 Å². The first-order chi connectivity index (χ1) is 9.08. The zero-order valence-corrected chi connectivity index (χ0v) is 11.1. The SMILES string of the molecule is CCC(Nc1ccc(OCCOC)c(F)c1)C(N)=O. The fraction of sp³-hybridized carbons (Fsp3) is 0.462. The summed E-state index contributed by atoms with van der Waals surface area (Å²) in [5, 5.41) is 2.87. The van der Waals surface area contributed by atoms with Crippen molar-refractivity contribution >= 4 is 11.6 Å². The fourth-order valence-corrected chi connectivity index (χ4v) is 1.52. The second-order valence-electron chi connectivity index (χ2n) is 3.99. The lowest BCUT2D eigenvalue weighted by Gasteiger charge is -2.15. The van der Waals surface area contributed by atoms with Crippen LogP contribution in [0.3, 0.4) is 0 Å². The van der Waals surface area contributed by atoms with E-state index in [1.54, 1.807) is 13.2 Å². The Labute approximate surface area is 111 Å². The summed E-state index contributed by atoms with van der Waals surface area (Å²) in [6, 6.07) is 3.89. The van der Waals surface area contributed by atoms with Crippen LogP contribution in [0, 0.1) is 5.82 Å². The summed E-state index contributed by atoms with van der Waals surface area (Å²) in [5.41, 5.74) is 5.70. The lowest BCUT2D eigenvalue weighted by Crippen LogP contribution is -2.34. The van der Waals surface area contributed by atoms with Gasteiger partial charge in [-0.25, -0.2) is 4.39 Å². The Morgan fingerprint density at radius 3 is 2.74 bits per heavy atom. The second-order valence-corrected chi connectivity index (χ2v) is 3.99. The summed E-state index contributed by atoms with van der Waals surface area (Å²) in [5.74, 6) is -0.821. The van der Waals surface area contributed by atoms with E-state index in [4.69, 9.17) is 15.2 Å². The third-order valence-corrected chi connectivity index (χ3v) is 2.57. The molecule has 0 bridgehead atoms. The highest BCUT2D eigenvalue weighted by Crippen LogP contribution is 2.21. The summed E-state index contributed by atoms with van der Waals surface area (Å²) in [6.45, 7) is 2.49. The highest BCUT2D eigenvalue weighted by atomic mass is 19.1. The monoisotopic (exact) mass is 270 g/mol. The molecule has 0 radical (unpaired) electrons. The van der Waals surface area contributed by atoms with Crippen LogP contribution in [0.1, 0.15) is 13.3 Å². The first kappa shape index (κ1) is 15.2. The minimum atomic E-state index is -0.514. The van der Waals surface area contributed by atoms with Gasteiger partial charge in [-0.3, -0.25) is 4.79 Å². The Bertz CT molecular complexity index is 426. The van der Waals surface area contributed by atoms with Crippen LogP contribution in [0.25, 0.3) is 0 Å². The Balaban J connectivity index is 2.67. The summed E-state index contributed by atoms with van der Waals surface area (Å²) < 4.78 is 23.7. The molecular weight excluding hydrogens is 251 g/mol. The van der Waals surface area contributed by atoms with Crippen LogP contribution in [0.15, 0.2) is 18.2 Å². The van der Waals surface area contributed by atoms with Gasteiger partial charge in [-0.2, -0.15) is 0 Å². The first-order valence-corrected chi connectivity index (χ1v) is 6.05. The third-order valence-electron chi connectivity index (χ3n) is 2.57. The van der Waals surface area contributed by atoms with E-state index in [9.17, 15) is 9.18 Å². The number of methoxy groups -OCH3 is 1. The Hall–Kier alpha value is -1.82. The van der Waals surface area contributed by atoms with Crippen molar-refractivity contribution in [1.82, 2.24) is 0 Å². The molecule has 0 aliphatic heterocycles. The molecule has 1 rings (SSSR count). The van der Waals surface area contributed by atoms with Gasteiger partial charge in [-0.15, -0.1) is 0 Å². The molecule has 1 aromatic carbocycles. The van der Waals surface area contributed by atoms with E-state index in [-0.39, 0.29) is 12.4 Å². The summed E-state index contributed by atoms with van der Waals surface area (Å²) in [7, 11) is 1.54. The van der Waals surface area contributed by atoms with Gasteiger partial charge in [0.1, 0.15) is 12.6 Å². The zero-order valence-electron chi connectivity index (χ0n) is 11.1. The van der Waals surface area contributed by atoms with Crippen LogP contribution >= 0.6 is 0 Å². The van der Waals surface area contributed by atoms with Gasteiger partial charge in [0, 0.05) is 18.9 Å². The number of primary amides is 1. The van der Waals surface area contributed by atoms with Crippen molar-refractivity contribution in [1.29, 1.82) is 0 Å². The number of hydrogen-bond acceptors (Lipinski definition) is 4. The second kappa shape index (κ2) is 7.58. The van der Waals surface area contributed by atoms with Gasteiger partial charge >= 0.3 is 0 Å². The molecule has 0 aliphatic rings. The van der Waals surface area contributed by atoms with Crippen molar-refractivity contribution < 1.29 is 18.7 Å². The van der Waals surface area contributed by atoms with Crippen molar-refractivity contribution in [3.8, 4) is 5.75 Å². The van der Waals surface area contributed by atoms with Gasteiger partial charge in [0.2, 0.25) is 5.91 Å². The van der Waals surface area contributed by atoms with Crippen LogP contribution in [-0.2, 0) is 9.53 Å². The molecule has 1 amide bonds. The van der Waals surface area contributed by atoms with Crippen LogP contribution in [0.5, 0.6) is 5.75 Å². The number of ether oxygens (including phenoxy) is 2. The average molecular weight is 270 g/mol. The average Bonchev–Trinajstić information content (AvgIpc) is 2.38. The molecule has 6 heteroatoms. The number of nitrogens with one attached hydrogen (secondary N) is 1. The van der Waals surface area contributed by atoms with E-state index < -0.39 is 17.8 Å². The molecule has 1 unspecified atom stereocenters. The molecular formula is C13H19FN2O3. The predicted molar refractivity (Wildman–Crippen MR) is 70.7 cm³/mol. The summed E-state index contributed by atoms with van der Waals surface area (Å²) >= 11 is 0. The van der Waals surface area contributed by atoms with E-state index >= 15 is 0 Å². The van der Waals surface area contributed by atoms with E-state index in [1.165, 1.54) is 12.1 Å². The number of halogens is 1. The van der Waals surface area contributed by atoms with Crippen molar-refractivity contribution in [3.05, 3.63) is 24.0 Å². The van der Waals surface area contributed by atoms with Crippen molar-refractivity contribution in [3.63, 3.8) is 0 Å². The molecule has 0 fully saturated rings. The lowest BCUT2D eigenvalue weighted by molar-refractivity contribution is -0.118. The normalized spacial score (nSPS) is 11.9. The Morgan fingerprint density at radius 2 is 2.21 bits per heavy atom. The maximum atomic E-state index is 13.7. The molecule has 19 heavy (non-hydrogen) atoms. The van der Waals surface area contributed by atoms with Gasteiger partial charge in [-0.05, 0) is 18.6 Å². The maximum Gasteiger partial charge on any atom is 0.239 e. The van der Waals surface area contributed by atoms with E-state index in [2.05, 4.69) is 5.32 Å². The van der Waals surface area contributed by atoms with Gasteiger partial charge in [0.15, 0.2) is 11.6 Å². The molecule has 0 saturated carbocycles. The maximum absolute atomic E-state index is 13.7. The van der Waals surface area contributed by atoms with Crippen LogP contribution in [-0.4, -0.2) is 32.3 Å². The fourth-order valence-electron chi connectivity index (χ4n) is 1.52. The van der Waals surface area contributed by atoms with Crippen molar-refractivity contribution in [2.45, 2.75) is 19.4 Å². The minimum absolute atomic E-state index is 0.148. The molecule has 1 atom stereocenters. The van der Waals surface area contributed by atoms with Crippen molar-refractivity contribution in [2.75, 3.05) is 25.6 Å². The van der Waals surface area contributed by atoms with Gasteiger partial charge < -0.3 is 20.5 Å². The topological polar surface area (TPSA) is 73.6 Å². The molecule has 0 heterocycles. The highest BCUT2D eigenvalue weighted by Gasteiger charge is 2.13. The van der Waals surface area contributed by atoms with Crippen molar-refractivity contribution in [2.24, 2.45) is 5.73 Å². The molecule has 0 spiro atoms. The molecule has 106 valence electrons. The molecule has 5 nitrogen and oxygen atoms in total. The number of amides is 1. The predicted octanol–water partition coefficient (Wildman–Crippen LogP) is 1.53. The molecule has 3 N–H and O–H groups in total. The Morgan fingerprint density at radius 1 is 1.47 bits per heavy atom. The molecule has 0 saturated heterocycles. The standard InChI is InChI=1S/C13H19FN2O3/c1-3-11(13(15)17)16-9-4-5-12(10(14)8-9)19-7-6-18-2/h4-5,8,11,16H,3,6-7H2,1-2H3,(H2,15,17). The third kappa shape index (κ3) is 4.75. The summed E-state index contributed by atoms with van der Waals surface area (Å²) in [4.78, 5) is 11.1. The van der Waals surface area contributed by atoms with Crippen LogP contribution in [0.4, 0.5) is 10.1 Å². The molecule has 0 aromatic heterocycles. The number of carbonyl (C=O) groups excluding carboxylic acids is 1. The molecule has 1 aromatic rings. The van der Waals surface area contributed by atoms with Gasteiger partial charge in [0.05, 0.1) is 6.61 Å². The summed E-state index contributed by atoms with van der Waals surface area (Å²) in [6.07, 6.45) is 0.531. The largest absolute Gasteiger partial charge is 0.488 e. The van der Waals surface area contributed by atoms with Gasteiger partial charge in [0.25, 0.3) is 0 Å². The van der Waals surface area contributed by atoms with E-state index in [0.717, 1.165) is 0 Å². The molecule has 0 aliphatic carbocycles. The number of hydrogen-bond donors (Lipinski definition) is 2. The number of anilines is 1. The lowest BCUT2D eigenvalue weighted by atomic mass is 10.2. The minimum Gasteiger partial charge on any atom is -0.488 e. The Kier molecular flexibility index (Phi) is 6.08.